The molecule has 0 amide bonds. The van der Waals surface area contributed by atoms with Crippen molar-refractivity contribution in [2.75, 3.05) is 7.11 Å². The van der Waals surface area contributed by atoms with Crippen molar-refractivity contribution in [2.24, 2.45) is 5.10 Å². The molecule has 0 aliphatic rings. The minimum absolute atomic E-state index is 0.0194. The Balaban J connectivity index is 1.73. The molecule has 0 fully saturated rings. The number of nitro groups is 1. The van der Waals surface area contributed by atoms with Gasteiger partial charge in [-0.3, -0.25) is 14.9 Å². The first-order valence-electron chi connectivity index (χ1n) is 11.8. The average molecular weight is 679 g/mol. The van der Waals surface area contributed by atoms with Crippen molar-refractivity contribution >= 4 is 66.3 Å². The van der Waals surface area contributed by atoms with Crippen molar-refractivity contribution in [3.05, 3.63) is 99.9 Å². The van der Waals surface area contributed by atoms with Crippen LogP contribution in [0.3, 0.4) is 0 Å². The van der Waals surface area contributed by atoms with Crippen molar-refractivity contribution in [1.82, 2.24) is 9.66 Å². The number of non-ortho nitro benzene ring substituents is 1. The van der Waals surface area contributed by atoms with Gasteiger partial charge in [-0.05, 0) is 52.2 Å². The van der Waals surface area contributed by atoms with Crippen LogP contribution in [0.5, 0.6) is 11.5 Å². The fraction of sp³-hybridized carbons (Fsp3) is 0.222. The van der Waals surface area contributed by atoms with Crippen molar-refractivity contribution in [1.29, 1.82) is 0 Å². The third-order valence-corrected chi connectivity index (χ3v) is 8.02. The van der Waals surface area contributed by atoms with E-state index >= 15 is 0 Å². The molecule has 202 valence electrons. The lowest BCUT2D eigenvalue weighted by Crippen LogP contribution is -2.23. The van der Waals surface area contributed by atoms with Crippen LogP contribution in [-0.4, -0.2) is 27.9 Å². The zero-order chi connectivity index (χ0) is 28.3. The van der Waals surface area contributed by atoms with Crippen LogP contribution in [0.25, 0.3) is 10.9 Å². The van der Waals surface area contributed by atoms with E-state index in [2.05, 4.69) is 37.0 Å². The molecule has 3 aromatic carbocycles. The van der Waals surface area contributed by atoms with Crippen molar-refractivity contribution in [2.45, 2.75) is 32.8 Å². The fourth-order valence-corrected chi connectivity index (χ4v) is 4.81. The van der Waals surface area contributed by atoms with Crippen LogP contribution in [-0.2, 0) is 6.61 Å². The molecule has 1 aromatic heterocycles. The predicted molar refractivity (Wildman–Crippen MR) is 159 cm³/mol. The van der Waals surface area contributed by atoms with Crippen LogP contribution < -0.4 is 15.0 Å². The topological polar surface area (TPSA) is 109 Å². The Kier molecular flexibility index (Phi) is 9.04. The Bertz CT molecular complexity index is 1660. The molecule has 12 heteroatoms. The maximum Gasteiger partial charge on any atom is 0.282 e. The molecular weight excluding hydrogens is 656 g/mol. The average Bonchev–Trinajstić information content (AvgIpc) is 2.93. The zero-order valence-corrected chi connectivity index (χ0v) is 25.1. The predicted octanol–water partition coefficient (Wildman–Crippen LogP) is 7.47. The van der Waals surface area contributed by atoms with Crippen LogP contribution in [0.2, 0.25) is 5.02 Å². The highest BCUT2D eigenvalue weighted by molar-refractivity contribution is 9.10. The van der Waals surface area contributed by atoms with Gasteiger partial charge < -0.3 is 9.47 Å². The van der Waals surface area contributed by atoms with Crippen LogP contribution in [0.1, 0.15) is 43.1 Å². The molecular formula is C27H23Br2ClN4O5. The second kappa shape index (κ2) is 12.3. The number of aromatic nitrogens is 2. The summed E-state index contributed by atoms with van der Waals surface area (Å²) in [5, 5.41) is 16.2. The third-order valence-electron chi connectivity index (χ3n) is 6.08. The Morgan fingerprint density at radius 2 is 2.00 bits per heavy atom. The van der Waals surface area contributed by atoms with E-state index in [9.17, 15) is 14.9 Å². The smallest absolute Gasteiger partial charge is 0.282 e. The number of benzene rings is 3. The summed E-state index contributed by atoms with van der Waals surface area (Å²) in [6.07, 6.45) is 2.27. The van der Waals surface area contributed by atoms with Gasteiger partial charge in [-0.1, -0.05) is 53.5 Å². The molecule has 4 rings (SSSR count). The molecule has 0 radical (unpaired) electrons. The van der Waals surface area contributed by atoms with Gasteiger partial charge in [-0.25, -0.2) is 4.98 Å². The number of nitro benzene ring substituents is 1. The first-order chi connectivity index (χ1) is 18.6. The van der Waals surface area contributed by atoms with Gasteiger partial charge in [0.05, 0.1) is 29.2 Å². The maximum atomic E-state index is 13.4. The summed E-state index contributed by atoms with van der Waals surface area (Å²) >= 11 is 13.5. The number of nitrogens with zero attached hydrogens (tertiary/aromatic N) is 4. The molecule has 0 saturated carbocycles. The highest BCUT2D eigenvalue weighted by Crippen LogP contribution is 2.42. The van der Waals surface area contributed by atoms with Gasteiger partial charge in [0.2, 0.25) is 0 Å². The number of halogens is 3. The molecule has 0 aliphatic heterocycles. The molecule has 9 nitrogen and oxygen atoms in total. The Hall–Kier alpha value is -3.28. The minimum Gasteiger partial charge on any atom is -0.493 e. The first-order valence-corrected chi connectivity index (χ1v) is 13.8. The molecule has 0 bridgehead atoms. The van der Waals surface area contributed by atoms with E-state index in [0.717, 1.165) is 10.9 Å². The quantitative estimate of drug-likeness (QED) is 0.103. The SMILES string of the molecule is CC[C@H](C)c1nc2ccc(Br)cc2c(=O)n1N=Cc1cc(OC)c(OCc2cccc([N+](=O)[O-])c2)c(Cl)c1Br. The van der Waals surface area contributed by atoms with Crippen molar-refractivity contribution < 1.29 is 14.4 Å². The summed E-state index contributed by atoms with van der Waals surface area (Å²) in [7, 11) is 1.47. The number of fused-ring (bicyclic) bond motifs is 1. The molecule has 0 aliphatic carbocycles. The van der Waals surface area contributed by atoms with Gasteiger partial charge in [0.25, 0.3) is 11.2 Å². The highest BCUT2D eigenvalue weighted by Gasteiger charge is 2.19. The Morgan fingerprint density at radius 3 is 2.69 bits per heavy atom. The molecule has 0 saturated heterocycles. The molecule has 0 spiro atoms. The third kappa shape index (κ3) is 6.15. The van der Waals surface area contributed by atoms with Gasteiger partial charge in [-0.15, -0.1) is 0 Å². The molecule has 0 unspecified atom stereocenters. The lowest BCUT2D eigenvalue weighted by Gasteiger charge is -2.16. The monoisotopic (exact) mass is 676 g/mol. The van der Waals surface area contributed by atoms with Crippen LogP contribution in [0, 0.1) is 10.1 Å². The summed E-state index contributed by atoms with van der Waals surface area (Å²) in [5.74, 6) is 1.10. The van der Waals surface area contributed by atoms with Gasteiger partial charge >= 0.3 is 0 Å². The van der Waals surface area contributed by atoms with Gasteiger partial charge in [0, 0.05) is 32.6 Å². The minimum atomic E-state index is -0.469. The summed E-state index contributed by atoms with van der Waals surface area (Å²) in [5.41, 5.74) is 1.40. The first kappa shape index (κ1) is 28.7. The van der Waals surface area contributed by atoms with Gasteiger partial charge in [-0.2, -0.15) is 9.78 Å². The van der Waals surface area contributed by atoms with Crippen LogP contribution in [0.15, 0.2) is 67.4 Å². The standard InChI is InChI=1S/C27H23Br2ClN4O5/c1-4-15(2)26-32-21-9-8-18(28)12-20(21)27(35)33(26)31-13-17-11-22(38-3)25(24(30)23(17)29)39-14-16-6-5-7-19(10-16)34(36)37/h5-13,15H,4,14H2,1-3H3/t15-/m0/s1. The number of hydrogen-bond donors (Lipinski definition) is 0. The largest absolute Gasteiger partial charge is 0.493 e. The highest BCUT2D eigenvalue weighted by atomic mass is 79.9. The summed E-state index contributed by atoms with van der Waals surface area (Å²) in [6.45, 7) is 4.04. The molecule has 4 aromatic rings. The van der Waals surface area contributed by atoms with E-state index in [0.29, 0.717) is 38.1 Å². The van der Waals surface area contributed by atoms with E-state index < -0.39 is 4.92 Å². The van der Waals surface area contributed by atoms with Crippen molar-refractivity contribution in [3.63, 3.8) is 0 Å². The van der Waals surface area contributed by atoms with E-state index in [-0.39, 0.29) is 34.5 Å². The van der Waals surface area contributed by atoms with E-state index in [1.807, 2.05) is 19.9 Å². The normalized spacial score (nSPS) is 12.2. The van der Waals surface area contributed by atoms with E-state index in [4.69, 9.17) is 26.1 Å². The summed E-state index contributed by atoms with van der Waals surface area (Å²) < 4.78 is 14.0. The second-order valence-corrected chi connectivity index (χ2v) is 10.7. The van der Waals surface area contributed by atoms with Crippen LogP contribution in [0.4, 0.5) is 5.69 Å². The molecule has 1 atom stereocenters. The van der Waals surface area contributed by atoms with Crippen LogP contribution >= 0.6 is 43.5 Å². The number of methoxy groups -OCH3 is 1. The van der Waals surface area contributed by atoms with E-state index in [1.165, 1.54) is 30.1 Å². The lowest BCUT2D eigenvalue weighted by molar-refractivity contribution is -0.384. The summed E-state index contributed by atoms with van der Waals surface area (Å²) in [4.78, 5) is 28.8. The lowest BCUT2D eigenvalue weighted by atomic mass is 10.1. The summed E-state index contributed by atoms with van der Waals surface area (Å²) in [6, 6.07) is 13.2. The molecule has 39 heavy (non-hydrogen) atoms. The zero-order valence-electron chi connectivity index (χ0n) is 21.2. The number of rotatable bonds is 9. The molecule has 1 heterocycles. The molecule has 0 N–H and O–H groups in total. The Morgan fingerprint density at radius 1 is 1.23 bits per heavy atom. The van der Waals surface area contributed by atoms with Crippen molar-refractivity contribution in [3.8, 4) is 11.5 Å². The maximum absolute atomic E-state index is 13.4. The van der Waals surface area contributed by atoms with Gasteiger partial charge in [0.15, 0.2) is 11.5 Å². The Labute approximate surface area is 245 Å². The second-order valence-electron chi connectivity index (χ2n) is 8.64. The number of ether oxygens (including phenoxy) is 2. The fourth-order valence-electron chi connectivity index (χ4n) is 3.80. The van der Waals surface area contributed by atoms with Gasteiger partial charge in [0.1, 0.15) is 17.5 Å². The van der Waals surface area contributed by atoms with E-state index in [1.54, 1.807) is 30.3 Å². The number of hydrogen-bond acceptors (Lipinski definition) is 7.